The van der Waals surface area contributed by atoms with Gasteiger partial charge in [0, 0.05) is 12.3 Å². The summed E-state index contributed by atoms with van der Waals surface area (Å²) in [6, 6.07) is 9.08. The maximum absolute atomic E-state index is 12.5. The van der Waals surface area contributed by atoms with E-state index in [1.807, 2.05) is 6.92 Å². The molecule has 0 aliphatic carbocycles. The minimum atomic E-state index is 0.0621. The number of amides is 1. The minimum absolute atomic E-state index is 0.0621. The summed E-state index contributed by atoms with van der Waals surface area (Å²) in [5, 5.41) is 6.63. The number of nitrogens with zero attached hydrogens (tertiary/aromatic N) is 3. The highest BCUT2D eigenvalue weighted by Gasteiger charge is 2.50. The summed E-state index contributed by atoms with van der Waals surface area (Å²) >= 11 is 0. The Morgan fingerprint density at radius 2 is 2.00 bits per heavy atom. The van der Waals surface area contributed by atoms with Crippen LogP contribution in [0.1, 0.15) is 50.3 Å². The Balaban J connectivity index is 1.77. The van der Waals surface area contributed by atoms with Gasteiger partial charge in [-0.1, -0.05) is 38.1 Å². The van der Waals surface area contributed by atoms with Gasteiger partial charge < -0.3 is 0 Å². The number of carbonyl (C=O) groups excluding carboxylic acids is 1. The Hall–Kier alpha value is -1.68. The summed E-state index contributed by atoms with van der Waals surface area (Å²) in [5.74, 6) is 0.718. The zero-order valence-electron chi connectivity index (χ0n) is 14.0. The lowest BCUT2D eigenvalue weighted by Crippen LogP contribution is -2.56. The molecule has 0 saturated carbocycles. The van der Waals surface area contributed by atoms with Crippen molar-refractivity contribution in [1.82, 2.24) is 9.91 Å². The van der Waals surface area contributed by atoms with Crippen molar-refractivity contribution in [2.45, 2.75) is 51.6 Å². The van der Waals surface area contributed by atoms with Crippen LogP contribution < -0.4 is 0 Å². The SMILES string of the molecule is CCC(=O)N1N=C2C3CCN(CC3)C2C1c1cccc(CC)c1. The first-order valence-corrected chi connectivity index (χ1v) is 8.96. The van der Waals surface area contributed by atoms with E-state index in [9.17, 15) is 4.79 Å². The van der Waals surface area contributed by atoms with Gasteiger partial charge in [-0.15, -0.1) is 0 Å². The van der Waals surface area contributed by atoms with Gasteiger partial charge in [-0.25, -0.2) is 5.01 Å². The highest BCUT2D eigenvalue weighted by molar-refractivity contribution is 5.97. The Morgan fingerprint density at radius 3 is 2.70 bits per heavy atom. The molecule has 0 N–H and O–H groups in total. The molecule has 23 heavy (non-hydrogen) atoms. The van der Waals surface area contributed by atoms with Gasteiger partial charge in [-0.3, -0.25) is 9.69 Å². The van der Waals surface area contributed by atoms with Crippen molar-refractivity contribution in [2.24, 2.45) is 11.0 Å². The summed E-state index contributed by atoms with van der Waals surface area (Å²) in [5.41, 5.74) is 3.83. The van der Waals surface area contributed by atoms with Crippen LogP contribution in [-0.2, 0) is 11.2 Å². The zero-order valence-corrected chi connectivity index (χ0v) is 14.0. The van der Waals surface area contributed by atoms with Crippen LogP contribution in [0.15, 0.2) is 29.4 Å². The second-order valence-corrected chi connectivity index (χ2v) is 6.92. The van der Waals surface area contributed by atoms with Crippen LogP contribution in [0, 0.1) is 5.92 Å². The molecule has 2 atom stereocenters. The summed E-state index contributed by atoms with van der Waals surface area (Å²) in [6.07, 6.45) is 3.93. The predicted octanol–water partition coefficient (Wildman–Crippen LogP) is 2.99. The van der Waals surface area contributed by atoms with Crippen molar-refractivity contribution < 1.29 is 4.79 Å². The van der Waals surface area contributed by atoms with E-state index in [0.29, 0.717) is 18.4 Å². The van der Waals surface area contributed by atoms with Gasteiger partial charge >= 0.3 is 0 Å². The highest BCUT2D eigenvalue weighted by atomic mass is 16.2. The standard InChI is InChI=1S/C19H25N3O/c1-3-13-6-5-7-15(12-13)18-19-17(20-22(18)16(23)4-2)14-8-10-21(19)11-9-14/h5-7,12,14,18-19H,3-4,8-11H2,1-2H3. The molecule has 122 valence electrons. The fourth-order valence-corrected chi connectivity index (χ4v) is 4.42. The maximum atomic E-state index is 12.5. The summed E-state index contributed by atoms with van der Waals surface area (Å²) in [6.45, 7) is 6.40. The second-order valence-electron chi connectivity index (χ2n) is 6.92. The van der Waals surface area contributed by atoms with Gasteiger partial charge in [-0.05, 0) is 43.5 Å². The van der Waals surface area contributed by atoms with Gasteiger partial charge in [0.05, 0.1) is 11.8 Å². The summed E-state index contributed by atoms with van der Waals surface area (Å²) in [4.78, 5) is 15.1. The molecule has 5 rings (SSSR count). The number of fused-ring (bicyclic) bond motifs is 2. The number of hydrogen-bond acceptors (Lipinski definition) is 3. The molecular formula is C19H25N3O. The number of hydrogen-bond donors (Lipinski definition) is 0. The maximum Gasteiger partial charge on any atom is 0.243 e. The Kier molecular flexibility index (Phi) is 3.72. The molecule has 0 spiro atoms. The summed E-state index contributed by atoms with van der Waals surface area (Å²) in [7, 11) is 0. The first kappa shape index (κ1) is 14.9. The zero-order chi connectivity index (χ0) is 16.0. The smallest absolute Gasteiger partial charge is 0.243 e. The van der Waals surface area contributed by atoms with Crippen LogP contribution in [0.2, 0.25) is 0 Å². The molecule has 4 heteroatoms. The number of rotatable bonds is 3. The van der Waals surface area contributed by atoms with Crippen molar-refractivity contribution in [3.63, 3.8) is 0 Å². The molecule has 3 fully saturated rings. The Bertz CT molecular complexity index is 646. The van der Waals surface area contributed by atoms with E-state index in [4.69, 9.17) is 5.10 Å². The average molecular weight is 311 g/mol. The van der Waals surface area contributed by atoms with E-state index in [2.05, 4.69) is 36.1 Å². The highest BCUT2D eigenvalue weighted by Crippen LogP contribution is 2.43. The fourth-order valence-electron chi connectivity index (χ4n) is 4.42. The van der Waals surface area contributed by atoms with E-state index in [1.165, 1.54) is 29.7 Å². The molecule has 3 saturated heterocycles. The van der Waals surface area contributed by atoms with Gasteiger partial charge in [-0.2, -0.15) is 5.10 Å². The molecule has 1 aromatic carbocycles. The number of aryl methyl sites for hydroxylation is 1. The van der Waals surface area contributed by atoms with E-state index in [0.717, 1.165) is 19.5 Å². The predicted molar refractivity (Wildman–Crippen MR) is 91.2 cm³/mol. The third-order valence-corrected chi connectivity index (χ3v) is 5.69. The van der Waals surface area contributed by atoms with Crippen molar-refractivity contribution in [3.05, 3.63) is 35.4 Å². The molecule has 1 aromatic rings. The van der Waals surface area contributed by atoms with E-state index in [1.54, 1.807) is 5.01 Å². The molecule has 4 nitrogen and oxygen atoms in total. The molecule has 0 aromatic heterocycles. The average Bonchev–Trinajstić information content (AvgIpc) is 3.04. The summed E-state index contributed by atoms with van der Waals surface area (Å²) < 4.78 is 0. The minimum Gasteiger partial charge on any atom is -0.293 e. The van der Waals surface area contributed by atoms with Crippen LogP contribution in [0.5, 0.6) is 0 Å². The van der Waals surface area contributed by atoms with Gasteiger partial charge in [0.25, 0.3) is 0 Å². The van der Waals surface area contributed by atoms with Crippen LogP contribution >= 0.6 is 0 Å². The largest absolute Gasteiger partial charge is 0.293 e. The molecule has 0 radical (unpaired) electrons. The molecule has 4 aliphatic rings. The van der Waals surface area contributed by atoms with Gasteiger partial charge in [0.2, 0.25) is 5.91 Å². The van der Waals surface area contributed by atoms with Crippen molar-refractivity contribution in [3.8, 4) is 0 Å². The molecule has 4 aliphatic heterocycles. The number of carbonyl (C=O) groups is 1. The fraction of sp³-hybridized carbons (Fsp3) is 0.579. The number of hydrazone groups is 1. The van der Waals surface area contributed by atoms with E-state index < -0.39 is 0 Å². The first-order valence-electron chi connectivity index (χ1n) is 8.96. The Labute approximate surface area is 138 Å². The second kappa shape index (κ2) is 5.75. The Morgan fingerprint density at radius 1 is 1.22 bits per heavy atom. The molecule has 1 amide bonds. The molecule has 2 unspecified atom stereocenters. The quantitative estimate of drug-likeness (QED) is 0.860. The number of benzene rings is 1. The normalized spacial score (nSPS) is 31.9. The lowest BCUT2D eigenvalue weighted by Gasteiger charge is -2.46. The van der Waals surface area contributed by atoms with E-state index >= 15 is 0 Å². The third kappa shape index (κ3) is 2.31. The van der Waals surface area contributed by atoms with Crippen molar-refractivity contribution in [2.75, 3.05) is 13.1 Å². The van der Waals surface area contributed by atoms with Crippen LogP contribution in [-0.4, -0.2) is 40.7 Å². The third-order valence-electron chi connectivity index (χ3n) is 5.69. The lowest BCUT2D eigenvalue weighted by molar-refractivity contribution is -0.133. The van der Waals surface area contributed by atoms with Crippen molar-refractivity contribution in [1.29, 1.82) is 0 Å². The van der Waals surface area contributed by atoms with Crippen LogP contribution in [0.3, 0.4) is 0 Å². The van der Waals surface area contributed by atoms with Gasteiger partial charge in [0.1, 0.15) is 6.04 Å². The van der Waals surface area contributed by atoms with E-state index in [-0.39, 0.29) is 11.9 Å². The lowest BCUT2D eigenvalue weighted by atomic mass is 9.78. The number of piperidine rings is 3. The van der Waals surface area contributed by atoms with Gasteiger partial charge in [0.15, 0.2) is 0 Å². The monoisotopic (exact) mass is 311 g/mol. The molecule has 4 heterocycles. The van der Waals surface area contributed by atoms with Crippen molar-refractivity contribution >= 4 is 11.6 Å². The first-order chi connectivity index (χ1) is 11.2. The van der Waals surface area contributed by atoms with Crippen LogP contribution in [0.25, 0.3) is 0 Å². The molecule has 2 bridgehead atoms. The topological polar surface area (TPSA) is 35.9 Å². The van der Waals surface area contributed by atoms with Crippen LogP contribution in [0.4, 0.5) is 0 Å². The molecular weight excluding hydrogens is 286 g/mol.